The third-order valence-corrected chi connectivity index (χ3v) is 8.56. The lowest BCUT2D eigenvalue weighted by Gasteiger charge is -2.51. The number of methoxy groups -OCH3 is 1. The standard InChI is InChI=1S/C32H39N3O3/c1-5-38-32(37-4)16-15-31(19-24-10-7-6-8-11-24)27(20-32)22-35(3)21-26-18-25(13-14-28(26)31)30(36)34-29-12-9-17-33-23(29)2/h6-14,17-18,27H,5,15-16,19-22H2,1-4H3,(H,34,36). The van der Waals surface area contributed by atoms with E-state index in [4.69, 9.17) is 9.47 Å². The molecule has 0 radical (unpaired) electrons. The maximum absolute atomic E-state index is 13.3. The second kappa shape index (κ2) is 11.0. The quantitative estimate of drug-likeness (QED) is 0.408. The van der Waals surface area contributed by atoms with Gasteiger partial charge in [0.2, 0.25) is 0 Å². The summed E-state index contributed by atoms with van der Waals surface area (Å²) in [5.74, 6) is -0.318. The van der Waals surface area contributed by atoms with Gasteiger partial charge in [-0.05, 0) is 80.6 Å². The number of aromatic nitrogens is 1. The van der Waals surface area contributed by atoms with Crippen molar-refractivity contribution in [2.24, 2.45) is 5.92 Å². The average molecular weight is 514 g/mol. The van der Waals surface area contributed by atoms with Gasteiger partial charge in [0.1, 0.15) is 0 Å². The maximum Gasteiger partial charge on any atom is 0.255 e. The topological polar surface area (TPSA) is 63.7 Å². The largest absolute Gasteiger partial charge is 0.353 e. The van der Waals surface area contributed by atoms with E-state index in [2.05, 4.69) is 64.7 Å². The van der Waals surface area contributed by atoms with Crippen LogP contribution in [0, 0.1) is 12.8 Å². The highest BCUT2D eigenvalue weighted by Crippen LogP contribution is 2.53. The maximum atomic E-state index is 13.3. The molecule has 0 saturated heterocycles. The Labute approximate surface area is 226 Å². The second-order valence-electron chi connectivity index (χ2n) is 10.9. The van der Waals surface area contributed by atoms with Crippen molar-refractivity contribution in [3.63, 3.8) is 0 Å². The first kappa shape index (κ1) is 26.5. The van der Waals surface area contributed by atoms with Gasteiger partial charge in [-0.2, -0.15) is 0 Å². The fraction of sp³-hybridized carbons (Fsp3) is 0.438. The smallest absolute Gasteiger partial charge is 0.255 e. The zero-order chi connectivity index (χ0) is 26.8. The van der Waals surface area contributed by atoms with Crippen molar-refractivity contribution in [1.82, 2.24) is 9.88 Å². The lowest BCUT2D eigenvalue weighted by Crippen LogP contribution is -2.53. The molecular formula is C32H39N3O3. The lowest BCUT2D eigenvalue weighted by molar-refractivity contribution is -0.252. The highest BCUT2D eigenvalue weighted by atomic mass is 16.7. The second-order valence-corrected chi connectivity index (χ2v) is 10.9. The zero-order valence-corrected chi connectivity index (χ0v) is 23.0. The third kappa shape index (κ3) is 5.13. The van der Waals surface area contributed by atoms with Crippen LogP contribution in [0.3, 0.4) is 0 Å². The van der Waals surface area contributed by atoms with Crippen molar-refractivity contribution < 1.29 is 14.3 Å². The van der Waals surface area contributed by atoms with Crippen molar-refractivity contribution >= 4 is 11.6 Å². The molecule has 200 valence electrons. The lowest BCUT2D eigenvalue weighted by atomic mass is 9.58. The number of nitrogens with one attached hydrogen (secondary N) is 1. The predicted molar refractivity (Wildman–Crippen MR) is 150 cm³/mol. The summed E-state index contributed by atoms with van der Waals surface area (Å²) in [6, 6.07) is 20.8. The Bertz CT molecular complexity index is 1280. The molecule has 1 fully saturated rings. The predicted octanol–water partition coefficient (Wildman–Crippen LogP) is 5.75. The van der Waals surface area contributed by atoms with E-state index in [0.717, 1.165) is 50.2 Å². The fourth-order valence-corrected chi connectivity index (χ4v) is 6.70. The van der Waals surface area contributed by atoms with Gasteiger partial charge in [0.25, 0.3) is 5.91 Å². The molecule has 1 N–H and O–H groups in total. The number of pyridine rings is 1. The highest BCUT2D eigenvalue weighted by molar-refractivity contribution is 6.04. The van der Waals surface area contributed by atoms with Crippen LogP contribution >= 0.6 is 0 Å². The van der Waals surface area contributed by atoms with Crippen LogP contribution in [-0.2, 0) is 27.9 Å². The minimum absolute atomic E-state index is 0.0739. The number of rotatable bonds is 7. The van der Waals surface area contributed by atoms with Gasteiger partial charge in [0.15, 0.2) is 5.79 Å². The first-order chi connectivity index (χ1) is 18.4. The molecule has 38 heavy (non-hydrogen) atoms. The van der Waals surface area contributed by atoms with Gasteiger partial charge < -0.3 is 19.7 Å². The van der Waals surface area contributed by atoms with E-state index >= 15 is 0 Å². The van der Waals surface area contributed by atoms with E-state index in [1.165, 1.54) is 16.7 Å². The number of aryl methyl sites for hydroxylation is 1. The van der Waals surface area contributed by atoms with Gasteiger partial charge in [-0.15, -0.1) is 0 Å². The molecule has 3 unspecified atom stereocenters. The molecule has 1 aromatic heterocycles. The molecule has 1 saturated carbocycles. The number of hydrogen-bond acceptors (Lipinski definition) is 5. The minimum Gasteiger partial charge on any atom is -0.353 e. The summed E-state index contributed by atoms with van der Waals surface area (Å²) < 4.78 is 12.3. The molecule has 0 bridgehead atoms. The van der Waals surface area contributed by atoms with Gasteiger partial charge >= 0.3 is 0 Å². The molecule has 2 heterocycles. The zero-order valence-electron chi connectivity index (χ0n) is 23.0. The summed E-state index contributed by atoms with van der Waals surface area (Å²) >= 11 is 0. The van der Waals surface area contributed by atoms with Crippen LogP contribution in [0.5, 0.6) is 0 Å². The van der Waals surface area contributed by atoms with Crippen LogP contribution in [0.4, 0.5) is 5.69 Å². The number of fused-ring (bicyclic) bond motifs is 3. The monoisotopic (exact) mass is 513 g/mol. The van der Waals surface area contributed by atoms with Crippen LogP contribution in [0.15, 0.2) is 66.9 Å². The average Bonchev–Trinajstić information content (AvgIpc) is 3.03. The van der Waals surface area contributed by atoms with Crippen LogP contribution in [-0.4, -0.2) is 48.9 Å². The SMILES string of the molecule is CCOC1(OC)CCC2(Cc3ccccc3)c3ccc(C(=O)Nc4cccnc4C)cc3CN(C)CC2C1. The van der Waals surface area contributed by atoms with Gasteiger partial charge in [-0.1, -0.05) is 36.4 Å². The van der Waals surface area contributed by atoms with Crippen LogP contribution < -0.4 is 5.32 Å². The van der Waals surface area contributed by atoms with E-state index < -0.39 is 5.79 Å². The molecule has 3 atom stereocenters. The van der Waals surface area contributed by atoms with Crippen molar-refractivity contribution in [3.8, 4) is 0 Å². The molecule has 1 amide bonds. The number of nitrogens with zero attached hydrogens (tertiary/aromatic N) is 2. The van der Waals surface area contributed by atoms with Crippen LogP contribution in [0.25, 0.3) is 0 Å². The Hall–Kier alpha value is -3.06. The van der Waals surface area contributed by atoms with Crippen LogP contribution in [0.2, 0.25) is 0 Å². The number of amides is 1. The molecule has 5 rings (SSSR count). The van der Waals surface area contributed by atoms with E-state index in [1.54, 1.807) is 13.3 Å². The molecular weight excluding hydrogens is 474 g/mol. The molecule has 1 aliphatic carbocycles. The number of carbonyl (C=O) groups excluding carboxylic acids is 1. The van der Waals surface area contributed by atoms with E-state index in [-0.39, 0.29) is 11.3 Å². The molecule has 1 aliphatic heterocycles. The summed E-state index contributed by atoms with van der Waals surface area (Å²) in [6.45, 7) is 6.31. The highest BCUT2D eigenvalue weighted by Gasteiger charge is 2.52. The van der Waals surface area contributed by atoms with E-state index in [9.17, 15) is 4.79 Å². The molecule has 6 nitrogen and oxygen atoms in total. The Balaban J connectivity index is 1.55. The van der Waals surface area contributed by atoms with Crippen molar-refractivity contribution in [2.75, 3.05) is 32.6 Å². The van der Waals surface area contributed by atoms with Gasteiger partial charge in [0.05, 0.1) is 11.4 Å². The van der Waals surface area contributed by atoms with Gasteiger partial charge in [-0.25, -0.2) is 0 Å². The first-order valence-corrected chi connectivity index (χ1v) is 13.7. The van der Waals surface area contributed by atoms with E-state index in [0.29, 0.717) is 18.1 Å². The number of carbonyl (C=O) groups is 1. The van der Waals surface area contributed by atoms with Crippen molar-refractivity contribution in [2.45, 2.75) is 57.3 Å². The Morgan fingerprint density at radius 3 is 2.68 bits per heavy atom. The normalized spacial score (nSPS) is 25.2. The van der Waals surface area contributed by atoms with E-state index in [1.807, 2.05) is 32.0 Å². The fourth-order valence-electron chi connectivity index (χ4n) is 6.70. The number of hydrogen-bond donors (Lipinski definition) is 1. The molecule has 2 aromatic carbocycles. The molecule has 2 aliphatic rings. The van der Waals surface area contributed by atoms with Crippen molar-refractivity contribution in [3.05, 3.63) is 94.8 Å². The Morgan fingerprint density at radius 1 is 1.13 bits per heavy atom. The summed E-state index contributed by atoms with van der Waals surface area (Å²) in [5.41, 5.74) is 6.06. The summed E-state index contributed by atoms with van der Waals surface area (Å²) in [6.07, 6.45) is 5.33. The molecule has 6 heteroatoms. The summed E-state index contributed by atoms with van der Waals surface area (Å²) in [7, 11) is 3.96. The number of anilines is 1. The van der Waals surface area contributed by atoms with Crippen LogP contribution in [0.1, 0.15) is 58.9 Å². The van der Waals surface area contributed by atoms with Crippen molar-refractivity contribution in [1.29, 1.82) is 0 Å². The minimum atomic E-state index is -0.549. The molecule has 0 spiro atoms. The Kier molecular flexibility index (Phi) is 7.66. The summed E-state index contributed by atoms with van der Waals surface area (Å²) in [4.78, 5) is 20.0. The first-order valence-electron chi connectivity index (χ1n) is 13.7. The van der Waals surface area contributed by atoms with Gasteiger partial charge in [0, 0.05) is 56.8 Å². The number of benzene rings is 2. The van der Waals surface area contributed by atoms with Gasteiger partial charge in [-0.3, -0.25) is 9.78 Å². The summed E-state index contributed by atoms with van der Waals surface area (Å²) in [5, 5.41) is 3.05. The number of ether oxygens (including phenoxy) is 2. The Morgan fingerprint density at radius 2 is 1.95 bits per heavy atom. The molecule has 3 aromatic rings. The third-order valence-electron chi connectivity index (χ3n) is 8.56.